The predicted octanol–water partition coefficient (Wildman–Crippen LogP) is 3.75. The van der Waals surface area contributed by atoms with Crippen LogP contribution in [0.1, 0.15) is 36.8 Å². The second kappa shape index (κ2) is 8.25. The highest BCUT2D eigenvalue weighted by Crippen LogP contribution is 2.49. The van der Waals surface area contributed by atoms with Crippen molar-refractivity contribution in [1.29, 1.82) is 0 Å². The van der Waals surface area contributed by atoms with Gasteiger partial charge in [-0.1, -0.05) is 36.4 Å². The zero-order valence-corrected chi connectivity index (χ0v) is 17.7. The van der Waals surface area contributed by atoms with Crippen LogP contribution < -0.4 is 9.47 Å². The number of fused-ring (bicyclic) bond motifs is 1. The Morgan fingerprint density at radius 2 is 1.84 bits per heavy atom. The van der Waals surface area contributed by atoms with Crippen LogP contribution in [0.4, 0.5) is 0 Å². The third-order valence-corrected chi connectivity index (χ3v) is 6.42. The van der Waals surface area contributed by atoms with E-state index in [9.17, 15) is 9.59 Å². The van der Waals surface area contributed by atoms with E-state index in [1.54, 1.807) is 0 Å². The fourth-order valence-corrected chi connectivity index (χ4v) is 4.53. The molecule has 6 nitrogen and oxygen atoms in total. The number of carbonyl (C=O) groups is 2. The number of amides is 1. The fraction of sp³-hybridized carbons (Fsp3) is 0.440. The summed E-state index contributed by atoms with van der Waals surface area (Å²) in [6.45, 7) is 3.52. The Bertz CT molecular complexity index is 975. The van der Waals surface area contributed by atoms with E-state index in [2.05, 4.69) is 12.1 Å². The summed E-state index contributed by atoms with van der Waals surface area (Å²) in [5, 5.41) is 0. The number of esters is 1. The molecule has 0 radical (unpaired) electrons. The van der Waals surface area contributed by atoms with Crippen LogP contribution in [0.5, 0.6) is 11.5 Å². The zero-order chi connectivity index (χ0) is 21.4. The molecule has 0 saturated heterocycles. The molecule has 6 heteroatoms. The summed E-state index contributed by atoms with van der Waals surface area (Å²) < 4.78 is 16.1. The van der Waals surface area contributed by atoms with Crippen LogP contribution in [0.25, 0.3) is 0 Å². The van der Waals surface area contributed by atoms with Gasteiger partial charge in [-0.15, -0.1) is 0 Å². The van der Waals surface area contributed by atoms with E-state index in [1.807, 2.05) is 48.2 Å². The minimum atomic E-state index is -0.142. The minimum absolute atomic E-state index is 0.0104. The quantitative estimate of drug-likeness (QED) is 0.608. The van der Waals surface area contributed by atoms with Gasteiger partial charge in [0.2, 0.25) is 12.7 Å². The lowest BCUT2D eigenvalue weighted by Gasteiger charge is -2.23. The average Bonchev–Trinajstić information content (AvgIpc) is 3.69. The van der Waals surface area contributed by atoms with Gasteiger partial charge in [-0.05, 0) is 54.9 Å². The summed E-state index contributed by atoms with van der Waals surface area (Å²) in [5.41, 5.74) is 2.22. The Morgan fingerprint density at radius 3 is 2.65 bits per heavy atom. The van der Waals surface area contributed by atoms with Crippen LogP contribution in [0.3, 0.4) is 0 Å². The molecule has 3 aliphatic rings. The van der Waals surface area contributed by atoms with E-state index >= 15 is 0 Å². The summed E-state index contributed by atoms with van der Waals surface area (Å²) in [6.07, 6.45) is 1.67. The summed E-state index contributed by atoms with van der Waals surface area (Å²) >= 11 is 0. The molecular formula is C25H27NO5. The lowest BCUT2D eigenvalue weighted by atomic mass is 10.1. The van der Waals surface area contributed by atoms with Crippen molar-refractivity contribution in [3.8, 4) is 11.5 Å². The molecule has 2 aromatic rings. The Morgan fingerprint density at radius 1 is 1.03 bits per heavy atom. The first-order chi connectivity index (χ1) is 15.1. The first-order valence-corrected chi connectivity index (χ1v) is 11.0. The van der Waals surface area contributed by atoms with Gasteiger partial charge in [0.25, 0.3) is 0 Å². The molecule has 1 aliphatic heterocycles. The van der Waals surface area contributed by atoms with Crippen molar-refractivity contribution in [2.75, 3.05) is 19.9 Å². The number of ether oxygens (including phenoxy) is 3. The first kappa shape index (κ1) is 19.9. The summed E-state index contributed by atoms with van der Waals surface area (Å²) in [4.78, 5) is 27.5. The van der Waals surface area contributed by atoms with E-state index in [0.717, 1.165) is 24.2 Å². The third kappa shape index (κ3) is 4.24. The largest absolute Gasteiger partial charge is 0.466 e. The highest BCUT2D eigenvalue weighted by molar-refractivity contribution is 5.83. The lowest BCUT2D eigenvalue weighted by Crippen LogP contribution is -2.34. The molecule has 0 spiro atoms. The van der Waals surface area contributed by atoms with Crippen LogP contribution >= 0.6 is 0 Å². The molecule has 4 atom stereocenters. The molecule has 1 amide bonds. The van der Waals surface area contributed by atoms with Gasteiger partial charge in [0, 0.05) is 19.0 Å². The SMILES string of the molecule is CCOC(=O)[C@H]1C[C@H]1CN(Cc1ccc2c(c1)OCO2)C(=O)[C@@H]1C[C@H]1c1ccccc1. The van der Waals surface area contributed by atoms with Gasteiger partial charge in [0.15, 0.2) is 11.5 Å². The molecule has 0 unspecified atom stereocenters. The van der Waals surface area contributed by atoms with Crippen molar-refractivity contribution in [1.82, 2.24) is 4.90 Å². The average molecular weight is 421 g/mol. The molecule has 5 rings (SSSR count). The van der Waals surface area contributed by atoms with E-state index in [-0.39, 0.29) is 42.3 Å². The Labute approximate surface area is 182 Å². The van der Waals surface area contributed by atoms with Gasteiger partial charge in [-0.2, -0.15) is 0 Å². The maximum Gasteiger partial charge on any atom is 0.309 e. The Hall–Kier alpha value is -3.02. The smallest absolute Gasteiger partial charge is 0.309 e. The van der Waals surface area contributed by atoms with Crippen molar-refractivity contribution in [2.24, 2.45) is 17.8 Å². The number of rotatable bonds is 8. The van der Waals surface area contributed by atoms with Crippen LogP contribution in [0.15, 0.2) is 48.5 Å². The second-order valence-electron chi connectivity index (χ2n) is 8.62. The highest BCUT2D eigenvalue weighted by Gasteiger charge is 2.49. The monoisotopic (exact) mass is 421 g/mol. The van der Waals surface area contributed by atoms with Crippen molar-refractivity contribution in [3.63, 3.8) is 0 Å². The van der Waals surface area contributed by atoms with Crippen LogP contribution in [-0.4, -0.2) is 36.7 Å². The van der Waals surface area contributed by atoms with E-state index in [4.69, 9.17) is 14.2 Å². The standard InChI is InChI=1S/C25H27NO5/c1-2-29-25(28)20-11-18(20)14-26(13-16-8-9-22-23(10-16)31-15-30-22)24(27)21-12-19(21)17-6-4-3-5-7-17/h3-10,18-21H,2,11-15H2,1H3/t18-,19-,20-,21+/m0/s1. The number of benzene rings is 2. The molecule has 2 saturated carbocycles. The lowest BCUT2D eigenvalue weighted by molar-refractivity contribution is -0.145. The topological polar surface area (TPSA) is 65.1 Å². The van der Waals surface area contributed by atoms with Crippen molar-refractivity contribution in [3.05, 3.63) is 59.7 Å². The minimum Gasteiger partial charge on any atom is -0.466 e. The maximum absolute atomic E-state index is 13.4. The van der Waals surface area contributed by atoms with Gasteiger partial charge < -0.3 is 19.1 Å². The van der Waals surface area contributed by atoms with Crippen molar-refractivity contribution >= 4 is 11.9 Å². The molecule has 0 bridgehead atoms. The maximum atomic E-state index is 13.4. The Balaban J connectivity index is 1.30. The van der Waals surface area contributed by atoms with Crippen LogP contribution in [0.2, 0.25) is 0 Å². The third-order valence-electron chi connectivity index (χ3n) is 6.42. The number of nitrogens with zero attached hydrogens (tertiary/aromatic N) is 1. The first-order valence-electron chi connectivity index (χ1n) is 11.0. The molecule has 2 aliphatic carbocycles. The van der Waals surface area contributed by atoms with Gasteiger partial charge in [0.1, 0.15) is 0 Å². The van der Waals surface area contributed by atoms with Gasteiger partial charge in [0.05, 0.1) is 12.5 Å². The number of hydrogen-bond donors (Lipinski definition) is 0. The van der Waals surface area contributed by atoms with E-state index in [0.29, 0.717) is 25.4 Å². The highest BCUT2D eigenvalue weighted by atomic mass is 16.7. The summed E-state index contributed by atoms with van der Waals surface area (Å²) in [6, 6.07) is 16.0. The van der Waals surface area contributed by atoms with Crippen molar-refractivity contribution in [2.45, 2.75) is 32.2 Å². The summed E-state index contributed by atoms with van der Waals surface area (Å²) in [7, 11) is 0. The van der Waals surface area contributed by atoms with Crippen LogP contribution in [-0.2, 0) is 20.9 Å². The number of hydrogen-bond acceptors (Lipinski definition) is 5. The molecule has 0 aromatic heterocycles. The molecular weight excluding hydrogens is 394 g/mol. The van der Waals surface area contributed by atoms with Crippen molar-refractivity contribution < 1.29 is 23.8 Å². The van der Waals surface area contributed by atoms with E-state index in [1.165, 1.54) is 5.56 Å². The molecule has 2 aromatic carbocycles. The molecule has 1 heterocycles. The molecule has 31 heavy (non-hydrogen) atoms. The van der Waals surface area contributed by atoms with Gasteiger partial charge >= 0.3 is 5.97 Å². The zero-order valence-electron chi connectivity index (χ0n) is 17.7. The molecule has 162 valence electrons. The summed E-state index contributed by atoms with van der Waals surface area (Å²) in [5.74, 6) is 1.86. The number of carbonyl (C=O) groups excluding carboxylic acids is 2. The second-order valence-corrected chi connectivity index (χ2v) is 8.62. The molecule has 0 N–H and O–H groups in total. The fourth-order valence-electron chi connectivity index (χ4n) is 4.53. The Kier molecular flexibility index (Phi) is 5.30. The van der Waals surface area contributed by atoms with Gasteiger partial charge in [-0.3, -0.25) is 9.59 Å². The van der Waals surface area contributed by atoms with Crippen LogP contribution in [0, 0.1) is 17.8 Å². The normalized spacial score (nSPS) is 25.1. The predicted molar refractivity (Wildman–Crippen MR) is 114 cm³/mol. The van der Waals surface area contributed by atoms with Gasteiger partial charge in [-0.25, -0.2) is 0 Å². The van der Waals surface area contributed by atoms with E-state index < -0.39 is 0 Å². The molecule has 2 fully saturated rings.